The fraction of sp³-hybridized carbons (Fsp3) is 0.889. The van der Waals surface area contributed by atoms with Crippen LogP contribution in [0.2, 0.25) is 0 Å². The quantitative estimate of drug-likeness (QED) is 0.496. The molecule has 0 aliphatic carbocycles. The summed E-state index contributed by atoms with van der Waals surface area (Å²) in [7, 11) is 1.43. The van der Waals surface area contributed by atoms with Crippen molar-refractivity contribution in [1.82, 2.24) is 4.90 Å². The molecule has 1 heterocycles. The Kier molecular flexibility index (Phi) is 2.63. The number of amides is 1. The first kappa shape index (κ1) is 10.5. The monoisotopic (exact) mass is 187 g/mol. The molecular formula is C9H17NO3. The molecule has 0 aromatic heterocycles. The molecule has 1 aliphatic heterocycles. The van der Waals surface area contributed by atoms with Gasteiger partial charge >= 0.3 is 0 Å². The summed E-state index contributed by atoms with van der Waals surface area (Å²) in [6.45, 7) is 6.20. The van der Waals surface area contributed by atoms with Crippen molar-refractivity contribution in [2.45, 2.75) is 33.1 Å². The predicted molar refractivity (Wildman–Crippen MR) is 48.0 cm³/mol. The SMILES string of the molecule is COC(O)C1CN1C(=O)C(C)(C)C. The third-order valence-electron chi connectivity index (χ3n) is 2.12. The summed E-state index contributed by atoms with van der Waals surface area (Å²) in [6, 6.07) is -0.142. The van der Waals surface area contributed by atoms with Crippen LogP contribution in [0.25, 0.3) is 0 Å². The summed E-state index contributed by atoms with van der Waals surface area (Å²) in [5.41, 5.74) is -0.373. The van der Waals surface area contributed by atoms with E-state index in [0.717, 1.165) is 0 Å². The maximum Gasteiger partial charge on any atom is 0.228 e. The number of hydrogen-bond donors (Lipinski definition) is 1. The second-order valence-electron chi connectivity index (χ2n) is 4.40. The average Bonchev–Trinajstić information content (AvgIpc) is 2.79. The number of nitrogens with zero attached hydrogens (tertiary/aromatic N) is 1. The topological polar surface area (TPSA) is 49.5 Å². The Hall–Kier alpha value is -0.610. The van der Waals surface area contributed by atoms with Gasteiger partial charge in [-0.3, -0.25) is 4.79 Å². The highest BCUT2D eigenvalue weighted by Gasteiger charge is 2.46. The molecule has 1 fully saturated rings. The summed E-state index contributed by atoms with van der Waals surface area (Å²) in [5, 5.41) is 9.27. The minimum Gasteiger partial charge on any atom is -0.366 e. The predicted octanol–water partition coefficient (Wildman–Crippen LogP) is 0.208. The minimum atomic E-state index is -0.841. The number of ether oxygens (including phenoxy) is 1. The van der Waals surface area contributed by atoms with E-state index >= 15 is 0 Å². The zero-order chi connectivity index (χ0) is 10.2. The molecule has 0 aromatic carbocycles. The third-order valence-corrected chi connectivity index (χ3v) is 2.12. The second-order valence-corrected chi connectivity index (χ2v) is 4.40. The van der Waals surface area contributed by atoms with Gasteiger partial charge < -0.3 is 14.7 Å². The van der Waals surface area contributed by atoms with Crippen LogP contribution < -0.4 is 0 Å². The molecule has 0 bridgehead atoms. The lowest BCUT2D eigenvalue weighted by Crippen LogP contribution is -2.31. The molecule has 4 heteroatoms. The van der Waals surface area contributed by atoms with Crippen molar-refractivity contribution in [1.29, 1.82) is 0 Å². The first-order valence-electron chi connectivity index (χ1n) is 4.40. The lowest BCUT2D eigenvalue weighted by atomic mass is 9.96. The lowest BCUT2D eigenvalue weighted by molar-refractivity contribution is -0.138. The van der Waals surface area contributed by atoms with Crippen LogP contribution in [0.5, 0.6) is 0 Å². The van der Waals surface area contributed by atoms with Crippen molar-refractivity contribution >= 4 is 5.91 Å². The molecule has 1 N–H and O–H groups in total. The number of hydrogen-bond acceptors (Lipinski definition) is 3. The van der Waals surface area contributed by atoms with Crippen LogP contribution in [0.15, 0.2) is 0 Å². The molecule has 0 radical (unpaired) electrons. The summed E-state index contributed by atoms with van der Waals surface area (Å²) >= 11 is 0. The third kappa shape index (κ3) is 2.19. The van der Waals surface area contributed by atoms with Crippen LogP contribution in [-0.4, -0.2) is 41.9 Å². The van der Waals surface area contributed by atoms with E-state index in [1.165, 1.54) is 7.11 Å². The van der Waals surface area contributed by atoms with Crippen molar-refractivity contribution in [3.63, 3.8) is 0 Å². The van der Waals surface area contributed by atoms with E-state index < -0.39 is 6.29 Å². The number of aliphatic hydroxyl groups excluding tert-OH is 1. The summed E-state index contributed by atoms with van der Waals surface area (Å²) in [5.74, 6) is 0.0635. The molecule has 1 saturated heterocycles. The fourth-order valence-electron chi connectivity index (χ4n) is 1.22. The van der Waals surface area contributed by atoms with Crippen LogP contribution in [0.1, 0.15) is 20.8 Å². The van der Waals surface area contributed by atoms with Crippen molar-refractivity contribution in [3.8, 4) is 0 Å². The number of carbonyl (C=O) groups is 1. The van der Waals surface area contributed by atoms with Gasteiger partial charge in [-0.1, -0.05) is 20.8 Å². The van der Waals surface area contributed by atoms with Crippen molar-refractivity contribution in [2.24, 2.45) is 5.41 Å². The Labute approximate surface area is 78.5 Å². The Balaban J connectivity index is 2.47. The molecule has 0 spiro atoms. The van der Waals surface area contributed by atoms with Crippen LogP contribution >= 0.6 is 0 Å². The van der Waals surface area contributed by atoms with E-state index in [2.05, 4.69) is 0 Å². The van der Waals surface area contributed by atoms with Crippen LogP contribution in [0.3, 0.4) is 0 Å². The molecule has 2 atom stereocenters. The Morgan fingerprint density at radius 2 is 2.15 bits per heavy atom. The highest BCUT2D eigenvalue weighted by atomic mass is 16.6. The lowest BCUT2D eigenvalue weighted by Gasteiger charge is -2.18. The van der Waals surface area contributed by atoms with E-state index in [9.17, 15) is 9.90 Å². The Bertz CT molecular complexity index is 209. The molecule has 1 aliphatic rings. The van der Waals surface area contributed by atoms with Crippen LogP contribution in [0, 0.1) is 5.41 Å². The van der Waals surface area contributed by atoms with Gasteiger partial charge in [0.25, 0.3) is 0 Å². The normalized spacial score (nSPS) is 24.4. The largest absolute Gasteiger partial charge is 0.366 e. The van der Waals surface area contributed by atoms with Gasteiger partial charge in [0.2, 0.25) is 5.91 Å². The van der Waals surface area contributed by atoms with E-state index in [1.54, 1.807) is 4.90 Å². The van der Waals surface area contributed by atoms with E-state index in [-0.39, 0.29) is 17.4 Å². The number of aliphatic hydroxyl groups is 1. The van der Waals surface area contributed by atoms with Crippen molar-refractivity contribution < 1.29 is 14.6 Å². The van der Waals surface area contributed by atoms with Gasteiger partial charge in [0.1, 0.15) is 6.04 Å². The zero-order valence-electron chi connectivity index (χ0n) is 8.57. The van der Waals surface area contributed by atoms with Gasteiger partial charge in [-0.25, -0.2) is 0 Å². The molecule has 4 nitrogen and oxygen atoms in total. The molecule has 1 amide bonds. The summed E-state index contributed by atoms with van der Waals surface area (Å²) in [6.07, 6.45) is -0.841. The van der Waals surface area contributed by atoms with Crippen molar-refractivity contribution in [3.05, 3.63) is 0 Å². The number of carbonyl (C=O) groups excluding carboxylic acids is 1. The van der Waals surface area contributed by atoms with E-state index in [0.29, 0.717) is 6.54 Å². The number of rotatable bonds is 2. The van der Waals surface area contributed by atoms with Crippen molar-refractivity contribution in [2.75, 3.05) is 13.7 Å². The molecule has 0 saturated carbocycles. The standard InChI is InChI=1S/C9H17NO3/c1-9(2,3)8(12)10-5-6(10)7(11)13-4/h6-7,11H,5H2,1-4H3. The van der Waals surface area contributed by atoms with E-state index in [4.69, 9.17) is 4.74 Å². The Morgan fingerprint density at radius 1 is 1.62 bits per heavy atom. The van der Waals surface area contributed by atoms with Gasteiger partial charge in [-0.05, 0) is 0 Å². The minimum absolute atomic E-state index is 0.0635. The van der Waals surface area contributed by atoms with Gasteiger partial charge in [0.15, 0.2) is 6.29 Å². The Morgan fingerprint density at radius 3 is 2.54 bits per heavy atom. The first-order valence-corrected chi connectivity index (χ1v) is 4.40. The van der Waals surface area contributed by atoms with Gasteiger partial charge in [0.05, 0.1) is 0 Å². The van der Waals surface area contributed by atoms with Gasteiger partial charge in [-0.2, -0.15) is 0 Å². The van der Waals surface area contributed by atoms with E-state index in [1.807, 2.05) is 20.8 Å². The summed E-state index contributed by atoms with van der Waals surface area (Å²) in [4.78, 5) is 13.3. The maximum atomic E-state index is 11.6. The fourth-order valence-corrected chi connectivity index (χ4v) is 1.22. The molecule has 2 unspecified atom stereocenters. The van der Waals surface area contributed by atoms with Crippen LogP contribution in [-0.2, 0) is 9.53 Å². The highest BCUT2D eigenvalue weighted by Crippen LogP contribution is 2.28. The second kappa shape index (κ2) is 3.27. The summed E-state index contributed by atoms with van der Waals surface area (Å²) < 4.78 is 4.73. The average molecular weight is 187 g/mol. The number of methoxy groups -OCH3 is 1. The van der Waals surface area contributed by atoms with Gasteiger partial charge in [-0.15, -0.1) is 0 Å². The molecule has 76 valence electrons. The maximum absolute atomic E-state index is 11.6. The zero-order valence-corrected chi connectivity index (χ0v) is 8.57. The van der Waals surface area contributed by atoms with Gasteiger partial charge in [0, 0.05) is 19.1 Å². The molecule has 1 rings (SSSR count). The molecular weight excluding hydrogens is 170 g/mol. The first-order chi connectivity index (χ1) is 5.88. The molecule has 0 aromatic rings. The highest BCUT2D eigenvalue weighted by molar-refractivity contribution is 5.84. The molecule has 13 heavy (non-hydrogen) atoms. The smallest absolute Gasteiger partial charge is 0.228 e. The van der Waals surface area contributed by atoms with Crippen LogP contribution in [0.4, 0.5) is 0 Å².